The molecule has 1 fully saturated rings. The molecule has 0 bridgehead atoms. The fourth-order valence-corrected chi connectivity index (χ4v) is 3.11. The molecule has 1 saturated heterocycles. The third-order valence-corrected chi connectivity index (χ3v) is 4.19. The van der Waals surface area contributed by atoms with E-state index in [-0.39, 0.29) is 4.91 Å². The Kier molecular flexibility index (Phi) is 4.69. The maximum Gasteiger partial charge on any atom is 0.294 e. The van der Waals surface area contributed by atoms with Crippen molar-refractivity contribution in [3.05, 3.63) is 33.1 Å². The summed E-state index contributed by atoms with van der Waals surface area (Å²) in [6.45, 7) is -0.408. The number of carbonyl (C=O) groups is 3. The molecule has 1 aromatic rings. The number of nitrogens with zero attached hydrogens (tertiary/aromatic N) is 1. The van der Waals surface area contributed by atoms with Crippen LogP contribution in [0.15, 0.2) is 27.6 Å². The number of halogens is 1. The zero-order chi connectivity index (χ0) is 15.6. The van der Waals surface area contributed by atoms with Crippen molar-refractivity contribution in [2.45, 2.75) is 0 Å². The van der Waals surface area contributed by atoms with E-state index in [9.17, 15) is 14.4 Å². The quantitative estimate of drug-likeness (QED) is 0.818. The predicted molar refractivity (Wildman–Crippen MR) is 82.6 cm³/mol. The van der Waals surface area contributed by atoms with Crippen LogP contribution >= 0.6 is 27.7 Å². The molecule has 1 heterocycles. The zero-order valence-corrected chi connectivity index (χ0v) is 13.4. The number of primary amides is 1. The number of benzene rings is 1. The first-order valence-electron chi connectivity index (χ1n) is 5.79. The fraction of sp³-hybridized carbons (Fsp3) is 0.154. The fourth-order valence-electron chi connectivity index (χ4n) is 1.72. The van der Waals surface area contributed by atoms with Gasteiger partial charge in [-0.25, -0.2) is 0 Å². The lowest BCUT2D eigenvalue weighted by atomic mass is 10.2. The summed E-state index contributed by atoms with van der Waals surface area (Å²) in [6.07, 6.45) is 1.58. The number of imide groups is 1. The third kappa shape index (κ3) is 3.45. The summed E-state index contributed by atoms with van der Waals surface area (Å²) in [5.41, 5.74) is 5.74. The number of methoxy groups -OCH3 is 1. The molecule has 0 aliphatic carbocycles. The van der Waals surface area contributed by atoms with Crippen LogP contribution < -0.4 is 10.5 Å². The van der Waals surface area contributed by atoms with Crippen molar-refractivity contribution in [1.82, 2.24) is 4.90 Å². The summed E-state index contributed by atoms with van der Waals surface area (Å²) < 4.78 is 5.85. The summed E-state index contributed by atoms with van der Waals surface area (Å²) in [6, 6.07) is 5.26. The van der Waals surface area contributed by atoms with Crippen molar-refractivity contribution in [3.63, 3.8) is 0 Å². The first-order chi connectivity index (χ1) is 9.92. The van der Waals surface area contributed by atoms with Gasteiger partial charge >= 0.3 is 0 Å². The monoisotopic (exact) mass is 370 g/mol. The Morgan fingerprint density at radius 3 is 2.76 bits per heavy atom. The molecule has 8 heteroatoms. The number of thioether (sulfide) groups is 1. The van der Waals surface area contributed by atoms with Crippen LogP contribution in [0.25, 0.3) is 6.08 Å². The Balaban J connectivity index is 2.26. The molecular weight excluding hydrogens is 360 g/mol. The highest BCUT2D eigenvalue weighted by Gasteiger charge is 2.35. The van der Waals surface area contributed by atoms with E-state index in [1.165, 1.54) is 0 Å². The van der Waals surface area contributed by atoms with Crippen LogP contribution in [-0.2, 0) is 9.59 Å². The molecule has 1 aliphatic rings. The average molecular weight is 371 g/mol. The van der Waals surface area contributed by atoms with E-state index in [1.54, 1.807) is 31.4 Å². The second kappa shape index (κ2) is 6.31. The normalized spacial score (nSPS) is 16.7. The van der Waals surface area contributed by atoms with Gasteiger partial charge in [0, 0.05) is 0 Å². The van der Waals surface area contributed by atoms with Gasteiger partial charge in [-0.3, -0.25) is 19.3 Å². The maximum absolute atomic E-state index is 12.0. The van der Waals surface area contributed by atoms with E-state index in [0.717, 1.165) is 26.7 Å². The van der Waals surface area contributed by atoms with Gasteiger partial charge < -0.3 is 10.5 Å². The van der Waals surface area contributed by atoms with Crippen LogP contribution in [-0.4, -0.2) is 35.6 Å². The number of nitrogens with two attached hydrogens (primary N) is 1. The van der Waals surface area contributed by atoms with Gasteiger partial charge in [0.25, 0.3) is 11.1 Å². The van der Waals surface area contributed by atoms with Crippen LogP contribution in [0.1, 0.15) is 5.56 Å². The van der Waals surface area contributed by atoms with E-state index < -0.39 is 23.6 Å². The Morgan fingerprint density at radius 2 is 2.19 bits per heavy atom. The summed E-state index contributed by atoms with van der Waals surface area (Å²) in [7, 11) is 1.55. The van der Waals surface area contributed by atoms with Gasteiger partial charge in [0.05, 0.1) is 16.5 Å². The third-order valence-electron chi connectivity index (χ3n) is 2.66. The molecule has 1 aliphatic heterocycles. The van der Waals surface area contributed by atoms with Gasteiger partial charge in [0.2, 0.25) is 5.91 Å². The lowest BCUT2D eigenvalue weighted by molar-refractivity contribution is -0.127. The van der Waals surface area contributed by atoms with Gasteiger partial charge in [-0.1, -0.05) is 6.07 Å². The molecular formula is C13H11BrN2O4S. The Labute approximate surface area is 133 Å². The molecule has 6 nitrogen and oxygen atoms in total. The topological polar surface area (TPSA) is 89.7 Å². The van der Waals surface area contributed by atoms with Crippen molar-refractivity contribution >= 4 is 50.8 Å². The van der Waals surface area contributed by atoms with Gasteiger partial charge in [-0.2, -0.15) is 0 Å². The van der Waals surface area contributed by atoms with Crippen LogP contribution in [0.5, 0.6) is 5.75 Å². The second-order valence-corrected chi connectivity index (χ2v) is 5.98. The largest absolute Gasteiger partial charge is 0.496 e. The van der Waals surface area contributed by atoms with Gasteiger partial charge in [-0.05, 0) is 51.5 Å². The van der Waals surface area contributed by atoms with E-state index >= 15 is 0 Å². The predicted octanol–water partition coefficient (Wildman–Crippen LogP) is 1.98. The number of hydrogen-bond acceptors (Lipinski definition) is 5. The van der Waals surface area contributed by atoms with Crippen LogP contribution in [0.3, 0.4) is 0 Å². The second-order valence-electron chi connectivity index (χ2n) is 4.13. The van der Waals surface area contributed by atoms with Gasteiger partial charge in [0.1, 0.15) is 12.3 Å². The highest BCUT2D eigenvalue weighted by Crippen LogP contribution is 2.33. The molecule has 0 spiro atoms. The maximum atomic E-state index is 12.0. The Bertz CT molecular complexity index is 660. The molecule has 0 aromatic heterocycles. The molecule has 2 N–H and O–H groups in total. The number of rotatable bonds is 4. The number of hydrogen-bond donors (Lipinski definition) is 1. The van der Waals surface area contributed by atoms with Crippen molar-refractivity contribution in [2.24, 2.45) is 5.73 Å². The van der Waals surface area contributed by atoms with E-state index in [1.807, 2.05) is 0 Å². The first kappa shape index (κ1) is 15.6. The van der Waals surface area contributed by atoms with Crippen molar-refractivity contribution in [3.8, 4) is 5.75 Å². The smallest absolute Gasteiger partial charge is 0.294 e. The SMILES string of the molecule is COc1ccc(/C=C2\SC(=O)N(CC(N)=O)C2=O)cc1Br. The molecule has 110 valence electrons. The highest BCUT2D eigenvalue weighted by atomic mass is 79.9. The Morgan fingerprint density at radius 1 is 1.48 bits per heavy atom. The standard InChI is InChI=1S/C13H11BrN2O4S/c1-20-9-3-2-7(4-8(9)14)5-10-12(18)16(6-11(15)17)13(19)21-10/h2-5H,6H2,1H3,(H2,15,17)/b10-5-. The van der Waals surface area contributed by atoms with E-state index in [0.29, 0.717) is 5.75 Å². The van der Waals surface area contributed by atoms with Gasteiger partial charge in [0.15, 0.2) is 0 Å². The van der Waals surface area contributed by atoms with Crippen LogP contribution in [0, 0.1) is 0 Å². The van der Waals surface area contributed by atoms with Crippen molar-refractivity contribution < 1.29 is 19.1 Å². The zero-order valence-electron chi connectivity index (χ0n) is 11.0. The van der Waals surface area contributed by atoms with Crippen molar-refractivity contribution in [2.75, 3.05) is 13.7 Å². The highest BCUT2D eigenvalue weighted by molar-refractivity contribution is 9.10. The minimum absolute atomic E-state index is 0.248. The van der Waals surface area contributed by atoms with Gasteiger partial charge in [-0.15, -0.1) is 0 Å². The van der Waals surface area contributed by atoms with Crippen molar-refractivity contribution in [1.29, 1.82) is 0 Å². The molecule has 0 saturated carbocycles. The summed E-state index contributed by atoms with van der Waals surface area (Å²) >= 11 is 4.12. The number of amides is 3. The molecule has 0 atom stereocenters. The summed E-state index contributed by atoms with van der Waals surface area (Å²) in [5.74, 6) is -0.588. The Hall–Kier alpha value is -1.80. The molecule has 0 radical (unpaired) electrons. The summed E-state index contributed by atoms with van der Waals surface area (Å²) in [4.78, 5) is 35.6. The summed E-state index contributed by atoms with van der Waals surface area (Å²) in [5, 5.41) is -0.502. The van der Waals surface area contributed by atoms with E-state index in [4.69, 9.17) is 10.5 Å². The minimum atomic E-state index is -0.731. The molecule has 2 rings (SSSR count). The minimum Gasteiger partial charge on any atom is -0.496 e. The number of ether oxygens (including phenoxy) is 1. The lowest BCUT2D eigenvalue weighted by Crippen LogP contribution is -2.36. The molecule has 1 aromatic carbocycles. The average Bonchev–Trinajstić information content (AvgIpc) is 2.66. The first-order valence-corrected chi connectivity index (χ1v) is 7.40. The van der Waals surface area contributed by atoms with E-state index in [2.05, 4.69) is 15.9 Å². The van der Waals surface area contributed by atoms with Crippen LogP contribution in [0.2, 0.25) is 0 Å². The van der Waals surface area contributed by atoms with Crippen LogP contribution in [0.4, 0.5) is 4.79 Å². The lowest BCUT2D eigenvalue weighted by Gasteiger charge is -2.08. The number of carbonyl (C=O) groups excluding carboxylic acids is 3. The molecule has 21 heavy (non-hydrogen) atoms. The molecule has 0 unspecified atom stereocenters. The molecule has 3 amide bonds.